The highest BCUT2D eigenvalue weighted by Crippen LogP contribution is 2.23. The SMILES string of the molecule is COc1ccc(N(F)C(=O)c2ccc(-c3ccccc3)cc2)cc1. The fraction of sp³-hybridized carbons (Fsp3) is 0.0500. The van der Waals surface area contributed by atoms with Crippen LogP contribution in [0.4, 0.5) is 10.2 Å². The van der Waals surface area contributed by atoms with E-state index in [4.69, 9.17) is 4.74 Å². The van der Waals surface area contributed by atoms with Gasteiger partial charge in [-0.05, 0) is 47.5 Å². The smallest absolute Gasteiger partial charge is 0.286 e. The summed E-state index contributed by atoms with van der Waals surface area (Å²) in [6.45, 7) is 0. The molecule has 0 radical (unpaired) electrons. The van der Waals surface area contributed by atoms with Crippen LogP contribution in [0.25, 0.3) is 11.1 Å². The van der Waals surface area contributed by atoms with Gasteiger partial charge >= 0.3 is 0 Å². The van der Waals surface area contributed by atoms with Crippen LogP contribution in [0, 0.1) is 0 Å². The largest absolute Gasteiger partial charge is 0.497 e. The van der Waals surface area contributed by atoms with Gasteiger partial charge in [0.2, 0.25) is 0 Å². The Morgan fingerprint density at radius 1 is 0.833 bits per heavy atom. The summed E-state index contributed by atoms with van der Waals surface area (Å²) < 4.78 is 19.3. The predicted octanol–water partition coefficient (Wildman–Crippen LogP) is 4.89. The first-order valence-corrected chi connectivity index (χ1v) is 7.49. The number of hydrogen-bond acceptors (Lipinski definition) is 2. The Bertz CT molecular complexity index is 815. The Labute approximate surface area is 139 Å². The molecule has 0 bridgehead atoms. The van der Waals surface area contributed by atoms with E-state index in [-0.39, 0.29) is 16.4 Å². The Balaban J connectivity index is 1.79. The number of methoxy groups -OCH3 is 1. The van der Waals surface area contributed by atoms with Crippen LogP contribution in [-0.4, -0.2) is 13.0 Å². The molecule has 120 valence electrons. The number of amides is 1. The van der Waals surface area contributed by atoms with Crippen molar-refractivity contribution in [3.63, 3.8) is 0 Å². The van der Waals surface area contributed by atoms with Gasteiger partial charge in [0.05, 0.1) is 12.8 Å². The molecule has 0 atom stereocenters. The molecule has 0 fully saturated rings. The number of ether oxygens (including phenoxy) is 1. The Morgan fingerprint density at radius 2 is 1.42 bits per heavy atom. The average molecular weight is 321 g/mol. The van der Waals surface area contributed by atoms with E-state index in [0.29, 0.717) is 5.75 Å². The van der Waals surface area contributed by atoms with Gasteiger partial charge < -0.3 is 4.74 Å². The summed E-state index contributed by atoms with van der Waals surface area (Å²) >= 11 is 0. The molecule has 3 aromatic carbocycles. The maximum atomic E-state index is 14.3. The summed E-state index contributed by atoms with van der Waals surface area (Å²) in [6.07, 6.45) is 0. The standard InChI is InChI=1S/C20H16FNO2/c1-24-19-13-11-18(12-14-19)22(21)20(23)17-9-7-16(8-10-17)15-5-3-2-4-6-15/h2-14H,1H3. The van der Waals surface area contributed by atoms with Gasteiger partial charge in [-0.1, -0.05) is 46.9 Å². The second-order valence-corrected chi connectivity index (χ2v) is 5.23. The van der Waals surface area contributed by atoms with Gasteiger partial charge in [0.25, 0.3) is 5.91 Å². The number of halogens is 1. The molecule has 0 aliphatic carbocycles. The number of benzene rings is 3. The molecule has 0 aliphatic heterocycles. The monoisotopic (exact) mass is 321 g/mol. The highest BCUT2D eigenvalue weighted by atomic mass is 19.2. The third-order valence-corrected chi connectivity index (χ3v) is 3.72. The highest BCUT2D eigenvalue weighted by molar-refractivity contribution is 6.04. The number of anilines is 1. The van der Waals surface area contributed by atoms with Crippen molar-refractivity contribution in [3.8, 4) is 16.9 Å². The van der Waals surface area contributed by atoms with Gasteiger partial charge in [-0.15, -0.1) is 5.12 Å². The molecular formula is C20H16FNO2. The molecule has 0 saturated heterocycles. The molecule has 0 unspecified atom stereocenters. The van der Waals surface area contributed by atoms with E-state index in [2.05, 4.69) is 0 Å². The van der Waals surface area contributed by atoms with E-state index in [9.17, 15) is 9.28 Å². The average Bonchev–Trinajstić information content (AvgIpc) is 2.68. The van der Waals surface area contributed by atoms with Crippen LogP contribution in [0.1, 0.15) is 10.4 Å². The van der Waals surface area contributed by atoms with E-state index in [1.807, 2.05) is 42.5 Å². The highest BCUT2D eigenvalue weighted by Gasteiger charge is 2.17. The molecule has 0 saturated carbocycles. The normalized spacial score (nSPS) is 10.2. The van der Waals surface area contributed by atoms with Gasteiger partial charge in [-0.25, -0.2) is 0 Å². The summed E-state index contributed by atoms with van der Waals surface area (Å²) in [5, 5.41) is 0.136. The number of carbonyl (C=O) groups excluding carboxylic acids is 1. The first-order valence-electron chi connectivity index (χ1n) is 7.49. The zero-order chi connectivity index (χ0) is 16.9. The van der Waals surface area contributed by atoms with Gasteiger partial charge in [0, 0.05) is 5.56 Å². The van der Waals surface area contributed by atoms with Crippen LogP contribution in [0.2, 0.25) is 0 Å². The molecule has 4 heteroatoms. The van der Waals surface area contributed by atoms with Crippen LogP contribution in [-0.2, 0) is 0 Å². The summed E-state index contributed by atoms with van der Waals surface area (Å²) in [6, 6.07) is 22.9. The zero-order valence-corrected chi connectivity index (χ0v) is 13.1. The van der Waals surface area contributed by atoms with E-state index < -0.39 is 5.91 Å². The second kappa shape index (κ2) is 6.96. The van der Waals surface area contributed by atoms with Crippen LogP contribution >= 0.6 is 0 Å². The molecule has 0 N–H and O–H groups in total. The Kier molecular flexibility index (Phi) is 4.57. The van der Waals surface area contributed by atoms with Crippen molar-refractivity contribution in [1.82, 2.24) is 0 Å². The van der Waals surface area contributed by atoms with Gasteiger partial charge in [-0.3, -0.25) is 4.79 Å². The third-order valence-electron chi connectivity index (χ3n) is 3.72. The van der Waals surface area contributed by atoms with Crippen molar-refractivity contribution in [2.45, 2.75) is 0 Å². The van der Waals surface area contributed by atoms with Crippen LogP contribution < -0.4 is 9.86 Å². The van der Waals surface area contributed by atoms with E-state index >= 15 is 0 Å². The molecule has 0 spiro atoms. The Hall–Kier alpha value is -3.14. The number of hydrogen-bond donors (Lipinski definition) is 0. The minimum Gasteiger partial charge on any atom is -0.497 e. The predicted molar refractivity (Wildman–Crippen MR) is 92.8 cm³/mol. The molecule has 0 heterocycles. The fourth-order valence-electron chi connectivity index (χ4n) is 2.38. The molecule has 3 rings (SSSR count). The van der Waals surface area contributed by atoms with E-state index in [1.165, 1.54) is 19.2 Å². The first kappa shape index (κ1) is 15.7. The van der Waals surface area contributed by atoms with Crippen molar-refractivity contribution < 1.29 is 14.0 Å². The van der Waals surface area contributed by atoms with E-state index in [0.717, 1.165) is 11.1 Å². The minimum atomic E-state index is -0.709. The lowest BCUT2D eigenvalue weighted by molar-refractivity contribution is 0.0931. The summed E-state index contributed by atoms with van der Waals surface area (Å²) in [5.74, 6) is -0.105. The lowest BCUT2D eigenvalue weighted by Crippen LogP contribution is -2.21. The second-order valence-electron chi connectivity index (χ2n) is 5.23. The molecule has 3 nitrogen and oxygen atoms in total. The Morgan fingerprint density at radius 3 is 2.00 bits per heavy atom. The summed E-state index contributed by atoms with van der Waals surface area (Å²) in [5.41, 5.74) is 2.46. The number of rotatable bonds is 4. The van der Waals surface area contributed by atoms with Crippen LogP contribution in [0.15, 0.2) is 78.9 Å². The number of carbonyl (C=O) groups is 1. The van der Waals surface area contributed by atoms with E-state index in [1.54, 1.807) is 24.3 Å². The molecule has 0 aliphatic rings. The summed E-state index contributed by atoms with van der Waals surface area (Å²) in [4.78, 5) is 12.3. The zero-order valence-electron chi connectivity index (χ0n) is 13.1. The van der Waals surface area contributed by atoms with Crippen molar-refractivity contribution in [1.29, 1.82) is 0 Å². The quantitative estimate of drug-likeness (QED) is 0.640. The molecule has 24 heavy (non-hydrogen) atoms. The van der Waals surface area contributed by atoms with Crippen LogP contribution in [0.3, 0.4) is 0 Å². The topological polar surface area (TPSA) is 29.5 Å². The van der Waals surface area contributed by atoms with Crippen molar-refractivity contribution >= 4 is 11.6 Å². The van der Waals surface area contributed by atoms with Gasteiger partial charge in [0.15, 0.2) is 0 Å². The van der Waals surface area contributed by atoms with Crippen molar-refractivity contribution in [2.24, 2.45) is 0 Å². The number of nitrogens with zero attached hydrogens (tertiary/aromatic N) is 1. The molecule has 1 amide bonds. The van der Waals surface area contributed by atoms with Crippen molar-refractivity contribution in [3.05, 3.63) is 84.4 Å². The third kappa shape index (κ3) is 3.27. The lowest BCUT2D eigenvalue weighted by Gasteiger charge is -2.13. The molecule has 0 aromatic heterocycles. The van der Waals surface area contributed by atoms with Gasteiger partial charge in [0.1, 0.15) is 5.75 Å². The van der Waals surface area contributed by atoms with Crippen molar-refractivity contribution in [2.75, 3.05) is 12.2 Å². The van der Waals surface area contributed by atoms with Crippen LogP contribution in [0.5, 0.6) is 5.75 Å². The molecule has 3 aromatic rings. The fourth-order valence-corrected chi connectivity index (χ4v) is 2.38. The first-order chi connectivity index (χ1) is 11.7. The molecular weight excluding hydrogens is 305 g/mol. The summed E-state index contributed by atoms with van der Waals surface area (Å²) in [7, 11) is 1.53. The maximum Gasteiger partial charge on any atom is 0.286 e. The van der Waals surface area contributed by atoms with Gasteiger partial charge in [-0.2, -0.15) is 0 Å². The maximum absolute atomic E-state index is 14.3. The lowest BCUT2D eigenvalue weighted by atomic mass is 10.0. The minimum absolute atomic E-state index is 0.136.